The molecule has 2 atom stereocenters. The van der Waals surface area contributed by atoms with Gasteiger partial charge in [-0.3, -0.25) is 14.9 Å². The van der Waals surface area contributed by atoms with E-state index in [1.165, 1.54) is 0 Å². The number of carbonyl (C=O) groups excluding carboxylic acids is 2. The molecule has 2 aliphatic rings. The highest BCUT2D eigenvalue weighted by Crippen LogP contribution is 2.36. The van der Waals surface area contributed by atoms with E-state index in [2.05, 4.69) is 22.5 Å². The summed E-state index contributed by atoms with van der Waals surface area (Å²) in [5.74, 6) is 0.251. The Labute approximate surface area is 150 Å². The number of halogens is 1. The van der Waals surface area contributed by atoms with Gasteiger partial charge in [0.25, 0.3) is 11.1 Å². The van der Waals surface area contributed by atoms with Crippen LogP contribution in [0.4, 0.5) is 10.5 Å². The summed E-state index contributed by atoms with van der Waals surface area (Å²) in [5, 5.41) is 5.97. The van der Waals surface area contributed by atoms with Crippen molar-refractivity contribution in [2.75, 3.05) is 25.0 Å². The summed E-state index contributed by atoms with van der Waals surface area (Å²) in [6.07, 6.45) is 2.82. The molecule has 24 heavy (non-hydrogen) atoms. The minimum absolute atomic E-state index is 0.336. The van der Waals surface area contributed by atoms with Crippen molar-refractivity contribution in [1.29, 1.82) is 0 Å². The molecule has 3 rings (SSSR count). The fourth-order valence-electron chi connectivity index (χ4n) is 3.19. The minimum Gasteiger partial charge on any atom is -0.368 e. The van der Waals surface area contributed by atoms with Crippen molar-refractivity contribution >= 4 is 46.3 Å². The molecule has 0 saturated carbocycles. The zero-order valence-corrected chi connectivity index (χ0v) is 15.2. The highest BCUT2D eigenvalue weighted by molar-refractivity contribution is 8.18. The number of anilines is 1. The van der Waals surface area contributed by atoms with Gasteiger partial charge in [-0.15, -0.1) is 0 Å². The van der Waals surface area contributed by atoms with E-state index in [1.54, 1.807) is 6.08 Å². The first-order valence-electron chi connectivity index (χ1n) is 7.95. The van der Waals surface area contributed by atoms with Crippen molar-refractivity contribution in [3.63, 3.8) is 0 Å². The molecule has 2 N–H and O–H groups in total. The van der Waals surface area contributed by atoms with Gasteiger partial charge < -0.3 is 10.2 Å². The zero-order chi connectivity index (χ0) is 17.3. The fourth-order valence-corrected chi connectivity index (χ4v) is 4.17. The number of para-hydroxylation sites is 1. The van der Waals surface area contributed by atoms with Crippen molar-refractivity contribution in [2.45, 2.75) is 19.4 Å². The smallest absolute Gasteiger partial charge is 0.290 e. The van der Waals surface area contributed by atoms with Crippen LogP contribution in [0.5, 0.6) is 0 Å². The predicted octanol–water partition coefficient (Wildman–Crippen LogP) is 3.10. The molecule has 2 fully saturated rings. The number of hydrogen-bond donors (Lipinski definition) is 2. The Hall–Kier alpha value is -1.50. The van der Waals surface area contributed by atoms with Gasteiger partial charge in [0.05, 0.1) is 15.6 Å². The van der Waals surface area contributed by atoms with Gasteiger partial charge in [-0.05, 0) is 43.3 Å². The van der Waals surface area contributed by atoms with E-state index in [0.29, 0.717) is 21.9 Å². The van der Waals surface area contributed by atoms with Gasteiger partial charge in [0.2, 0.25) is 0 Å². The van der Waals surface area contributed by atoms with Crippen LogP contribution in [0.15, 0.2) is 23.1 Å². The summed E-state index contributed by atoms with van der Waals surface area (Å²) in [6.45, 7) is 4.02. The van der Waals surface area contributed by atoms with Crippen LogP contribution >= 0.6 is 23.4 Å². The van der Waals surface area contributed by atoms with E-state index >= 15 is 0 Å². The van der Waals surface area contributed by atoms with Crippen LogP contribution in [-0.2, 0) is 4.79 Å². The van der Waals surface area contributed by atoms with Gasteiger partial charge in [0.15, 0.2) is 0 Å². The molecule has 2 amide bonds. The molecule has 1 aromatic rings. The fraction of sp³-hybridized carbons (Fsp3) is 0.412. The topological polar surface area (TPSA) is 61.4 Å². The Morgan fingerprint density at radius 2 is 2.21 bits per heavy atom. The number of benzene rings is 1. The first-order valence-corrected chi connectivity index (χ1v) is 9.14. The van der Waals surface area contributed by atoms with Gasteiger partial charge in [0, 0.05) is 24.7 Å². The van der Waals surface area contributed by atoms with Crippen molar-refractivity contribution in [3.8, 4) is 0 Å². The van der Waals surface area contributed by atoms with Crippen molar-refractivity contribution in [3.05, 3.63) is 33.7 Å². The number of nitrogens with zero attached hydrogens (tertiary/aromatic N) is 1. The van der Waals surface area contributed by atoms with Crippen LogP contribution in [0.2, 0.25) is 5.02 Å². The molecule has 128 valence electrons. The summed E-state index contributed by atoms with van der Waals surface area (Å²) in [5.41, 5.74) is 1.78. The molecule has 2 aliphatic heterocycles. The maximum atomic E-state index is 11.8. The zero-order valence-electron chi connectivity index (χ0n) is 13.6. The van der Waals surface area contributed by atoms with E-state index in [9.17, 15) is 9.59 Å². The average Bonchev–Trinajstić information content (AvgIpc) is 2.86. The lowest BCUT2D eigenvalue weighted by Gasteiger charge is -2.39. The molecule has 2 saturated heterocycles. The number of rotatable bonds is 3. The third-order valence-corrected chi connectivity index (χ3v) is 5.71. The summed E-state index contributed by atoms with van der Waals surface area (Å²) < 4.78 is 0. The second-order valence-electron chi connectivity index (χ2n) is 6.14. The molecule has 2 unspecified atom stereocenters. The standard InChI is InChI=1S/C17H20ClN3O2S/c1-10-6-7-21(9-13(10)19-2)15-11(4-3-5-12(15)18)8-14-16(22)20-17(23)24-14/h3-5,8,10,13,19H,6-7,9H2,1-2H3,(H,20,22,23)/b14-8+. The predicted molar refractivity (Wildman–Crippen MR) is 99.4 cm³/mol. The lowest BCUT2D eigenvalue weighted by atomic mass is 9.93. The number of thioether (sulfide) groups is 1. The van der Waals surface area contributed by atoms with Crippen molar-refractivity contribution in [2.24, 2.45) is 5.92 Å². The van der Waals surface area contributed by atoms with Crippen molar-refractivity contribution < 1.29 is 9.59 Å². The molecular weight excluding hydrogens is 346 g/mol. The number of carbonyl (C=O) groups is 2. The van der Waals surface area contributed by atoms with E-state index in [0.717, 1.165) is 42.5 Å². The molecule has 0 spiro atoms. The normalized spacial score (nSPS) is 26.1. The third kappa shape index (κ3) is 3.45. The quantitative estimate of drug-likeness (QED) is 0.806. The lowest BCUT2D eigenvalue weighted by molar-refractivity contribution is -0.115. The second kappa shape index (κ2) is 7.17. The highest BCUT2D eigenvalue weighted by atomic mass is 35.5. The number of nitrogens with one attached hydrogen (secondary N) is 2. The molecule has 5 nitrogen and oxygen atoms in total. The number of likely N-dealkylation sites (N-methyl/N-ethyl adjacent to an activating group) is 1. The summed E-state index contributed by atoms with van der Waals surface area (Å²) >= 11 is 7.40. The number of imide groups is 1. The van der Waals surface area contributed by atoms with Crippen LogP contribution < -0.4 is 15.5 Å². The first kappa shape index (κ1) is 17.3. The lowest BCUT2D eigenvalue weighted by Crippen LogP contribution is -2.49. The Bertz CT molecular complexity index is 707. The van der Waals surface area contributed by atoms with Crippen LogP contribution in [0.3, 0.4) is 0 Å². The summed E-state index contributed by atoms with van der Waals surface area (Å²) in [7, 11) is 1.98. The number of piperidine rings is 1. The maximum Gasteiger partial charge on any atom is 0.290 e. The number of amides is 2. The molecule has 2 heterocycles. The minimum atomic E-state index is -0.351. The van der Waals surface area contributed by atoms with E-state index in [1.807, 2.05) is 25.2 Å². The van der Waals surface area contributed by atoms with Gasteiger partial charge in [-0.2, -0.15) is 0 Å². The average molecular weight is 366 g/mol. The number of hydrogen-bond acceptors (Lipinski definition) is 5. The van der Waals surface area contributed by atoms with Gasteiger partial charge in [-0.25, -0.2) is 0 Å². The molecular formula is C17H20ClN3O2S. The van der Waals surface area contributed by atoms with E-state index in [4.69, 9.17) is 11.6 Å². The molecule has 0 aliphatic carbocycles. The van der Waals surface area contributed by atoms with Crippen molar-refractivity contribution in [1.82, 2.24) is 10.6 Å². The molecule has 0 bridgehead atoms. The summed E-state index contributed by atoms with van der Waals surface area (Å²) in [4.78, 5) is 25.9. The monoisotopic (exact) mass is 365 g/mol. The Morgan fingerprint density at radius 1 is 1.42 bits per heavy atom. The van der Waals surface area contributed by atoms with Crippen LogP contribution in [0.1, 0.15) is 18.9 Å². The van der Waals surface area contributed by atoms with Crippen LogP contribution in [0.25, 0.3) is 6.08 Å². The van der Waals surface area contributed by atoms with E-state index < -0.39 is 0 Å². The Morgan fingerprint density at radius 3 is 2.88 bits per heavy atom. The molecule has 1 aromatic carbocycles. The maximum absolute atomic E-state index is 11.8. The Balaban J connectivity index is 1.95. The molecule has 7 heteroatoms. The largest absolute Gasteiger partial charge is 0.368 e. The summed E-state index contributed by atoms with van der Waals surface area (Å²) in [6, 6.07) is 6.04. The van der Waals surface area contributed by atoms with Gasteiger partial charge in [0.1, 0.15) is 0 Å². The van der Waals surface area contributed by atoms with Gasteiger partial charge in [-0.1, -0.05) is 30.7 Å². The SMILES string of the molecule is CNC1CN(c2c(Cl)cccc2/C=C2/SC(=O)NC2=O)CCC1C. The third-order valence-electron chi connectivity index (χ3n) is 4.59. The Kier molecular flexibility index (Phi) is 5.18. The van der Waals surface area contributed by atoms with Crippen LogP contribution in [0, 0.1) is 5.92 Å². The highest BCUT2D eigenvalue weighted by Gasteiger charge is 2.29. The van der Waals surface area contributed by atoms with Crippen LogP contribution in [-0.4, -0.2) is 37.3 Å². The first-order chi connectivity index (χ1) is 11.5. The van der Waals surface area contributed by atoms with Gasteiger partial charge >= 0.3 is 0 Å². The van der Waals surface area contributed by atoms with E-state index in [-0.39, 0.29) is 11.1 Å². The molecule has 0 aromatic heterocycles. The second-order valence-corrected chi connectivity index (χ2v) is 7.56. The molecule has 0 radical (unpaired) electrons.